The normalized spacial score (nSPS) is 18.9. The number of aryl methyl sites for hydroxylation is 1. The van der Waals surface area contributed by atoms with Crippen molar-refractivity contribution in [1.29, 1.82) is 0 Å². The van der Waals surface area contributed by atoms with Crippen LogP contribution >= 0.6 is 0 Å². The smallest absolute Gasteiger partial charge is 0.309 e. The van der Waals surface area contributed by atoms with E-state index in [9.17, 15) is 9.90 Å². The van der Waals surface area contributed by atoms with Gasteiger partial charge in [0.25, 0.3) is 0 Å². The van der Waals surface area contributed by atoms with Gasteiger partial charge in [0.15, 0.2) is 0 Å². The number of fused-ring (bicyclic) bond motifs is 1. The molecule has 0 saturated heterocycles. The molecule has 1 unspecified atom stereocenters. The van der Waals surface area contributed by atoms with Crippen molar-refractivity contribution in [3.05, 3.63) is 29.3 Å². The van der Waals surface area contributed by atoms with Gasteiger partial charge in [-0.2, -0.15) is 0 Å². The summed E-state index contributed by atoms with van der Waals surface area (Å²) in [5.74, 6) is 0.103. The van der Waals surface area contributed by atoms with Crippen molar-refractivity contribution in [3.8, 4) is 5.75 Å². The molecule has 0 amide bonds. The molecule has 1 aliphatic rings. The molecule has 0 aliphatic heterocycles. The lowest BCUT2D eigenvalue weighted by molar-refractivity contribution is -0.148. The highest BCUT2D eigenvalue weighted by atomic mass is 16.5. The van der Waals surface area contributed by atoms with Crippen molar-refractivity contribution in [2.45, 2.75) is 32.6 Å². The Morgan fingerprint density at radius 3 is 2.76 bits per heavy atom. The van der Waals surface area contributed by atoms with Gasteiger partial charge >= 0.3 is 5.97 Å². The Hall–Kier alpha value is -1.51. The fourth-order valence-electron chi connectivity index (χ4n) is 2.70. The van der Waals surface area contributed by atoms with E-state index >= 15 is 0 Å². The van der Waals surface area contributed by atoms with Crippen LogP contribution in [0.3, 0.4) is 0 Å². The Balaban J connectivity index is 2.49. The Labute approximate surface area is 101 Å². The van der Waals surface area contributed by atoms with Crippen molar-refractivity contribution in [2.24, 2.45) is 5.41 Å². The van der Waals surface area contributed by atoms with Crippen molar-refractivity contribution < 1.29 is 14.6 Å². The van der Waals surface area contributed by atoms with Crippen molar-refractivity contribution in [2.75, 3.05) is 7.11 Å². The lowest BCUT2D eigenvalue weighted by Gasteiger charge is -2.28. The summed E-state index contributed by atoms with van der Waals surface area (Å²) >= 11 is 0. The minimum absolute atomic E-state index is 0.0335. The van der Waals surface area contributed by atoms with Crippen LogP contribution in [0.4, 0.5) is 0 Å². The lowest BCUT2D eigenvalue weighted by Crippen LogP contribution is -2.30. The molecule has 1 aromatic carbocycles. The first-order valence-corrected chi connectivity index (χ1v) is 5.87. The highest BCUT2D eigenvalue weighted by Crippen LogP contribution is 2.48. The molecule has 92 valence electrons. The molecule has 0 bridgehead atoms. The second-order valence-corrected chi connectivity index (χ2v) is 5.15. The summed E-state index contributed by atoms with van der Waals surface area (Å²) in [6, 6.07) is 5.94. The number of hydrogen-bond acceptors (Lipinski definition) is 2. The van der Waals surface area contributed by atoms with Gasteiger partial charge in [-0.25, -0.2) is 0 Å². The lowest BCUT2D eigenvalue weighted by atomic mass is 9.75. The second kappa shape index (κ2) is 4.06. The highest BCUT2D eigenvalue weighted by Gasteiger charge is 2.42. The third kappa shape index (κ3) is 1.79. The average molecular weight is 234 g/mol. The van der Waals surface area contributed by atoms with Crippen molar-refractivity contribution in [3.63, 3.8) is 0 Å². The van der Waals surface area contributed by atoms with Crippen LogP contribution in [0.5, 0.6) is 5.75 Å². The molecule has 1 N–H and O–H groups in total. The van der Waals surface area contributed by atoms with E-state index in [0.29, 0.717) is 0 Å². The van der Waals surface area contributed by atoms with Crippen LogP contribution in [0.15, 0.2) is 18.2 Å². The van der Waals surface area contributed by atoms with Gasteiger partial charge in [-0.05, 0) is 38.3 Å². The number of carboxylic acid groups (broad SMARTS) is 1. The molecule has 0 radical (unpaired) electrons. The summed E-state index contributed by atoms with van der Waals surface area (Å²) in [6.45, 7) is 3.59. The third-order valence-corrected chi connectivity index (χ3v) is 3.85. The molecule has 0 fully saturated rings. The van der Waals surface area contributed by atoms with E-state index in [4.69, 9.17) is 4.74 Å². The molecular weight excluding hydrogens is 216 g/mol. The minimum Gasteiger partial charge on any atom is -0.496 e. The largest absolute Gasteiger partial charge is 0.496 e. The van der Waals surface area contributed by atoms with Crippen LogP contribution in [0, 0.1) is 5.41 Å². The molecule has 3 heteroatoms. The van der Waals surface area contributed by atoms with E-state index in [1.165, 1.54) is 5.56 Å². The van der Waals surface area contributed by atoms with E-state index < -0.39 is 11.4 Å². The zero-order chi connectivity index (χ0) is 12.6. The van der Waals surface area contributed by atoms with Crippen molar-refractivity contribution in [1.82, 2.24) is 0 Å². The standard InChI is InChI=1S/C14H18O3/c1-14(2,13(15)16)10-8-7-9-5-4-6-11(17-3)12(9)10/h4-6,10H,7-8H2,1-3H3,(H,15,16). The van der Waals surface area contributed by atoms with Gasteiger partial charge < -0.3 is 9.84 Å². The summed E-state index contributed by atoms with van der Waals surface area (Å²) in [4.78, 5) is 11.4. The SMILES string of the molecule is COc1cccc2c1C(C(C)(C)C(=O)O)CC2. The summed E-state index contributed by atoms with van der Waals surface area (Å²) < 4.78 is 5.37. The number of aliphatic carboxylic acids is 1. The van der Waals surface area contributed by atoms with E-state index in [1.807, 2.05) is 12.1 Å². The van der Waals surface area contributed by atoms with Crippen LogP contribution in [-0.2, 0) is 11.2 Å². The van der Waals surface area contributed by atoms with Gasteiger partial charge in [-0.3, -0.25) is 4.79 Å². The van der Waals surface area contributed by atoms with Crippen LogP contribution in [-0.4, -0.2) is 18.2 Å². The fourth-order valence-corrected chi connectivity index (χ4v) is 2.70. The van der Waals surface area contributed by atoms with Gasteiger partial charge in [-0.15, -0.1) is 0 Å². The number of methoxy groups -OCH3 is 1. The van der Waals surface area contributed by atoms with Crippen LogP contribution in [0.1, 0.15) is 37.3 Å². The topological polar surface area (TPSA) is 46.5 Å². The third-order valence-electron chi connectivity index (χ3n) is 3.85. The van der Waals surface area contributed by atoms with Gasteiger partial charge in [0.05, 0.1) is 12.5 Å². The van der Waals surface area contributed by atoms with Crippen LogP contribution in [0.25, 0.3) is 0 Å². The van der Waals surface area contributed by atoms with E-state index in [-0.39, 0.29) is 5.92 Å². The molecule has 1 atom stereocenters. The fraction of sp³-hybridized carbons (Fsp3) is 0.500. The zero-order valence-corrected chi connectivity index (χ0v) is 10.5. The molecule has 1 aliphatic carbocycles. The Morgan fingerprint density at radius 1 is 1.47 bits per heavy atom. The Kier molecular flexibility index (Phi) is 2.86. The highest BCUT2D eigenvalue weighted by molar-refractivity contribution is 5.76. The molecular formula is C14H18O3. The van der Waals surface area contributed by atoms with E-state index in [0.717, 1.165) is 24.2 Å². The summed E-state index contributed by atoms with van der Waals surface area (Å²) in [7, 11) is 1.64. The summed E-state index contributed by atoms with van der Waals surface area (Å²) in [5, 5.41) is 9.35. The molecule has 0 aromatic heterocycles. The number of benzene rings is 1. The van der Waals surface area contributed by atoms with Gasteiger partial charge in [-0.1, -0.05) is 12.1 Å². The predicted octanol–water partition coefficient (Wildman–Crippen LogP) is 2.84. The van der Waals surface area contributed by atoms with Gasteiger partial charge in [0, 0.05) is 11.5 Å². The molecule has 3 nitrogen and oxygen atoms in total. The number of ether oxygens (including phenoxy) is 1. The van der Waals surface area contributed by atoms with Gasteiger partial charge in [0.2, 0.25) is 0 Å². The molecule has 2 rings (SSSR count). The molecule has 0 saturated carbocycles. The number of carbonyl (C=O) groups is 1. The summed E-state index contributed by atoms with van der Waals surface area (Å²) in [6.07, 6.45) is 1.82. The first-order chi connectivity index (χ1) is 7.98. The van der Waals surface area contributed by atoms with E-state index in [2.05, 4.69) is 6.07 Å². The van der Waals surface area contributed by atoms with Crippen LogP contribution < -0.4 is 4.74 Å². The van der Waals surface area contributed by atoms with E-state index in [1.54, 1.807) is 21.0 Å². The molecule has 0 spiro atoms. The number of hydrogen-bond donors (Lipinski definition) is 1. The molecule has 17 heavy (non-hydrogen) atoms. The number of rotatable bonds is 3. The quantitative estimate of drug-likeness (QED) is 0.874. The minimum atomic E-state index is -0.750. The monoisotopic (exact) mass is 234 g/mol. The molecule has 1 aromatic rings. The average Bonchev–Trinajstić information content (AvgIpc) is 2.72. The maximum Gasteiger partial charge on any atom is 0.309 e. The maximum atomic E-state index is 11.4. The number of carboxylic acids is 1. The van der Waals surface area contributed by atoms with Gasteiger partial charge in [0.1, 0.15) is 5.75 Å². The Morgan fingerprint density at radius 2 is 2.18 bits per heavy atom. The summed E-state index contributed by atoms with van der Waals surface area (Å²) in [5.41, 5.74) is 1.56. The second-order valence-electron chi connectivity index (χ2n) is 5.15. The molecule has 0 heterocycles. The Bertz CT molecular complexity index is 449. The van der Waals surface area contributed by atoms with Crippen LogP contribution in [0.2, 0.25) is 0 Å². The predicted molar refractivity (Wildman–Crippen MR) is 65.5 cm³/mol. The maximum absolute atomic E-state index is 11.4. The van der Waals surface area contributed by atoms with Crippen molar-refractivity contribution >= 4 is 5.97 Å². The first-order valence-electron chi connectivity index (χ1n) is 5.87. The zero-order valence-electron chi connectivity index (χ0n) is 10.5. The first kappa shape index (κ1) is 12.0.